The van der Waals surface area contributed by atoms with E-state index in [1.165, 1.54) is 6.07 Å². The minimum atomic E-state index is -4.67. The van der Waals surface area contributed by atoms with Crippen LogP contribution in [0.15, 0.2) is 0 Å². The highest BCUT2D eigenvalue weighted by atomic mass is 127. The van der Waals surface area contributed by atoms with Gasteiger partial charge in [-0.2, -0.15) is 18.4 Å². The van der Waals surface area contributed by atoms with Gasteiger partial charge >= 0.3 is 6.18 Å². The first-order valence-electron chi connectivity index (χ1n) is 3.86. The number of hydrogen-bond donors (Lipinski definition) is 0. The first-order valence-corrected chi connectivity index (χ1v) is 4.74. The van der Waals surface area contributed by atoms with E-state index in [-0.39, 0.29) is 6.42 Å². The number of rotatable bonds is 2. The van der Waals surface area contributed by atoms with Crippen molar-refractivity contribution >= 4 is 23.0 Å². The summed E-state index contributed by atoms with van der Waals surface area (Å²) in [5.41, 5.74) is -3.33. The molecule has 6 heteroatoms. The SMILES string of the molecule is CC(C)(C)CC(C#N)(OI)C(F)(F)F. The summed E-state index contributed by atoms with van der Waals surface area (Å²) in [6.45, 7) is 4.88. The van der Waals surface area contributed by atoms with Crippen LogP contribution < -0.4 is 0 Å². The molecule has 0 aromatic rings. The topological polar surface area (TPSA) is 33.0 Å². The Kier molecular flexibility index (Phi) is 4.22. The highest BCUT2D eigenvalue weighted by Gasteiger charge is 2.58. The standard InChI is InChI=1S/C8H11F3INO/c1-6(2,3)4-7(5-13,14-12)8(9,10)11/h4H2,1-3H3. The fraction of sp³-hybridized carbons (Fsp3) is 0.875. The smallest absolute Gasteiger partial charge is 0.284 e. The van der Waals surface area contributed by atoms with E-state index in [1.54, 1.807) is 20.8 Å². The summed E-state index contributed by atoms with van der Waals surface area (Å²) in [6, 6.07) is 1.21. The molecule has 14 heavy (non-hydrogen) atoms. The Hall–Kier alpha value is -0.0300. The second-order valence-electron chi connectivity index (χ2n) is 4.25. The molecule has 0 aliphatic heterocycles. The molecule has 2 nitrogen and oxygen atoms in total. The predicted molar refractivity (Wildman–Crippen MR) is 53.6 cm³/mol. The van der Waals surface area contributed by atoms with Crippen LogP contribution in [-0.4, -0.2) is 11.8 Å². The van der Waals surface area contributed by atoms with Gasteiger partial charge in [0.2, 0.25) is 0 Å². The molecule has 1 atom stereocenters. The molecular weight excluding hydrogens is 310 g/mol. The molecule has 0 rings (SSSR count). The molecule has 1 unspecified atom stereocenters. The average molecular weight is 321 g/mol. The van der Waals surface area contributed by atoms with E-state index >= 15 is 0 Å². The van der Waals surface area contributed by atoms with Gasteiger partial charge in [-0.25, -0.2) is 0 Å². The van der Waals surface area contributed by atoms with Crippen LogP contribution >= 0.6 is 23.0 Å². The van der Waals surface area contributed by atoms with E-state index < -0.39 is 17.2 Å². The highest BCUT2D eigenvalue weighted by molar-refractivity contribution is 14.1. The van der Waals surface area contributed by atoms with Gasteiger partial charge in [0.15, 0.2) is 0 Å². The molecule has 0 heterocycles. The van der Waals surface area contributed by atoms with E-state index in [0.717, 1.165) is 23.0 Å². The normalized spacial score (nSPS) is 17.3. The largest absolute Gasteiger partial charge is 0.432 e. The van der Waals surface area contributed by atoms with Gasteiger partial charge in [0.25, 0.3) is 5.60 Å². The lowest BCUT2D eigenvalue weighted by Gasteiger charge is -2.32. The minimum Gasteiger partial charge on any atom is -0.284 e. The van der Waals surface area contributed by atoms with Gasteiger partial charge in [-0.1, -0.05) is 20.8 Å². The van der Waals surface area contributed by atoms with Gasteiger partial charge in [0, 0.05) is 6.42 Å². The molecule has 0 aliphatic carbocycles. The molecule has 0 aromatic heterocycles. The number of alkyl halides is 3. The summed E-state index contributed by atoms with van der Waals surface area (Å²) in [7, 11) is 0. The summed E-state index contributed by atoms with van der Waals surface area (Å²) in [4.78, 5) is 0. The zero-order chi connectivity index (χ0) is 11.6. The summed E-state index contributed by atoms with van der Waals surface area (Å²) in [5.74, 6) is 0. The number of nitriles is 1. The maximum Gasteiger partial charge on any atom is 0.432 e. The van der Waals surface area contributed by atoms with E-state index in [9.17, 15) is 13.2 Å². The molecule has 0 N–H and O–H groups in total. The summed E-state index contributed by atoms with van der Waals surface area (Å²) in [5, 5.41) is 8.58. The monoisotopic (exact) mass is 321 g/mol. The molecule has 0 radical (unpaired) electrons. The zero-order valence-corrected chi connectivity index (χ0v) is 10.2. The van der Waals surface area contributed by atoms with E-state index in [1.807, 2.05) is 0 Å². The third-order valence-electron chi connectivity index (χ3n) is 1.55. The Labute approximate surface area is 95.1 Å². The highest BCUT2D eigenvalue weighted by Crippen LogP contribution is 2.42. The molecule has 0 aromatic carbocycles. The van der Waals surface area contributed by atoms with Gasteiger partial charge in [-0.3, -0.25) is 3.07 Å². The molecule has 82 valence electrons. The van der Waals surface area contributed by atoms with Crippen molar-refractivity contribution < 1.29 is 16.2 Å². The van der Waals surface area contributed by atoms with Gasteiger partial charge in [0.05, 0.1) is 0 Å². The maximum absolute atomic E-state index is 12.6. The van der Waals surface area contributed by atoms with Crippen molar-refractivity contribution in [1.82, 2.24) is 0 Å². The van der Waals surface area contributed by atoms with Crippen molar-refractivity contribution in [2.24, 2.45) is 5.41 Å². The lowest BCUT2D eigenvalue weighted by molar-refractivity contribution is -0.224. The van der Waals surface area contributed by atoms with Crippen LogP contribution in [0.1, 0.15) is 27.2 Å². The molecule has 0 saturated heterocycles. The van der Waals surface area contributed by atoms with E-state index in [0.29, 0.717) is 0 Å². The third kappa shape index (κ3) is 3.28. The quantitative estimate of drug-likeness (QED) is 0.728. The Bertz CT molecular complexity index is 240. The number of hydrogen-bond acceptors (Lipinski definition) is 2. The molecule has 0 amide bonds. The van der Waals surface area contributed by atoms with Gasteiger partial charge < -0.3 is 0 Å². The summed E-state index contributed by atoms with van der Waals surface area (Å²) in [6.07, 6.45) is -5.06. The van der Waals surface area contributed by atoms with Gasteiger partial charge in [-0.15, -0.1) is 0 Å². The second-order valence-corrected chi connectivity index (χ2v) is 4.69. The van der Waals surface area contributed by atoms with Crippen molar-refractivity contribution in [3.05, 3.63) is 0 Å². The lowest BCUT2D eigenvalue weighted by Crippen LogP contribution is -2.47. The van der Waals surface area contributed by atoms with Crippen LogP contribution in [0.5, 0.6) is 0 Å². The average Bonchev–Trinajstić information content (AvgIpc) is 1.96. The Morgan fingerprint density at radius 3 is 1.79 bits per heavy atom. The van der Waals surface area contributed by atoms with Crippen LogP contribution in [0.4, 0.5) is 13.2 Å². The van der Waals surface area contributed by atoms with Gasteiger partial charge in [-0.05, 0) is 5.41 Å². The first kappa shape index (κ1) is 14.0. The van der Waals surface area contributed by atoms with Crippen LogP contribution in [0, 0.1) is 16.7 Å². The van der Waals surface area contributed by atoms with Crippen molar-refractivity contribution in [3.63, 3.8) is 0 Å². The van der Waals surface area contributed by atoms with Crippen LogP contribution in [0.25, 0.3) is 0 Å². The van der Waals surface area contributed by atoms with Crippen molar-refractivity contribution in [2.45, 2.75) is 39.0 Å². The van der Waals surface area contributed by atoms with Crippen molar-refractivity contribution in [3.8, 4) is 6.07 Å². The van der Waals surface area contributed by atoms with Crippen molar-refractivity contribution in [1.29, 1.82) is 5.26 Å². The molecule has 0 aliphatic rings. The summed E-state index contributed by atoms with van der Waals surface area (Å²) >= 11 is 1.13. The third-order valence-corrected chi connectivity index (χ3v) is 2.30. The maximum atomic E-state index is 12.6. The Balaban J connectivity index is 5.04. The number of halogens is 4. The minimum absolute atomic E-state index is 0.386. The predicted octanol–water partition coefficient (Wildman–Crippen LogP) is 3.61. The molecule has 0 fully saturated rings. The fourth-order valence-corrected chi connectivity index (χ4v) is 1.54. The molecule has 0 saturated carbocycles. The van der Waals surface area contributed by atoms with E-state index in [2.05, 4.69) is 3.07 Å². The van der Waals surface area contributed by atoms with E-state index in [4.69, 9.17) is 5.26 Å². The zero-order valence-electron chi connectivity index (χ0n) is 8.07. The Morgan fingerprint density at radius 1 is 1.29 bits per heavy atom. The fourth-order valence-electron chi connectivity index (χ4n) is 1.04. The molecule has 0 spiro atoms. The molecular formula is C8H11F3INO. The van der Waals surface area contributed by atoms with Gasteiger partial charge in [0.1, 0.15) is 29.1 Å². The van der Waals surface area contributed by atoms with Crippen LogP contribution in [0.2, 0.25) is 0 Å². The Morgan fingerprint density at radius 2 is 1.71 bits per heavy atom. The van der Waals surface area contributed by atoms with Crippen LogP contribution in [-0.2, 0) is 3.07 Å². The van der Waals surface area contributed by atoms with Crippen LogP contribution in [0.3, 0.4) is 0 Å². The number of nitrogens with zero attached hydrogens (tertiary/aromatic N) is 1. The summed E-state index contributed by atoms with van der Waals surface area (Å²) < 4.78 is 42.0. The second kappa shape index (κ2) is 4.23. The molecule has 0 bridgehead atoms. The first-order chi connectivity index (χ1) is 6.08. The lowest BCUT2D eigenvalue weighted by atomic mass is 9.82. The van der Waals surface area contributed by atoms with Crippen molar-refractivity contribution in [2.75, 3.05) is 0 Å².